The molecule has 3 aromatic rings. The fraction of sp³-hybridized carbons (Fsp3) is 0.350. The molecule has 37 heavy (non-hydrogen) atoms. The highest BCUT2D eigenvalue weighted by Crippen LogP contribution is 2.35. The molecule has 0 aromatic carbocycles. The van der Waals surface area contributed by atoms with Crippen LogP contribution in [0.25, 0.3) is 11.3 Å². The average Bonchev–Trinajstić information content (AvgIpc) is 3.07. The Kier molecular flexibility index (Phi) is 6.49. The van der Waals surface area contributed by atoms with Gasteiger partial charge < -0.3 is 20.4 Å². The summed E-state index contributed by atoms with van der Waals surface area (Å²) in [4.78, 5) is 41.0. The number of halogens is 5. The third-order valence-corrected chi connectivity index (χ3v) is 5.31. The number of H-pyrrole nitrogens is 2. The zero-order valence-corrected chi connectivity index (χ0v) is 19.0. The van der Waals surface area contributed by atoms with Gasteiger partial charge in [0.2, 0.25) is 5.88 Å². The summed E-state index contributed by atoms with van der Waals surface area (Å²) in [6, 6.07) is 2.24. The second-order valence-corrected chi connectivity index (χ2v) is 8.22. The highest BCUT2D eigenvalue weighted by atomic mass is 19.4. The SMILES string of the molecule is Cc1nc(-c2c[nH]c(=O)[nH]c2=O)cc(N2CC(Oc3cc(N(N)CC(F)(F)F)c(N)cn3)C(F)(F)C2)n1. The van der Waals surface area contributed by atoms with Crippen molar-refractivity contribution in [1.29, 1.82) is 0 Å². The first-order chi connectivity index (χ1) is 17.2. The summed E-state index contributed by atoms with van der Waals surface area (Å²) in [5.74, 6) is 1.84. The standard InChI is InChI=1S/C20H20F5N9O3/c1-9-30-12(10-4-29-18(36)32-17(10)35)2-15(31-9)33-6-14(19(21,22)7-33)37-16-3-13(11(26)5-28-16)34(27)8-20(23,24)25/h2-5,14H,6-8,26-27H2,1H3,(H2,29,32,35,36). The van der Waals surface area contributed by atoms with Gasteiger partial charge in [-0.05, 0) is 6.92 Å². The number of pyridine rings is 1. The zero-order valence-electron chi connectivity index (χ0n) is 19.0. The molecule has 1 fully saturated rings. The van der Waals surface area contributed by atoms with Crippen molar-refractivity contribution in [3.05, 3.63) is 51.2 Å². The van der Waals surface area contributed by atoms with Crippen molar-refractivity contribution < 1.29 is 26.7 Å². The number of rotatable bonds is 6. The van der Waals surface area contributed by atoms with Gasteiger partial charge in [0, 0.05) is 18.3 Å². The van der Waals surface area contributed by atoms with E-state index in [4.69, 9.17) is 16.3 Å². The predicted octanol–water partition coefficient (Wildman–Crippen LogP) is 0.951. The Labute approximate surface area is 204 Å². The van der Waals surface area contributed by atoms with E-state index in [-0.39, 0.29) is 40.8 Å². The normalized spacial score (nSPS) is 17.2. The molecular weight excluding hydrogens is 509 g/mol. The van der Waals surface area contributed by atoms with Gasteiger partial charge in [-0.15, -0.1) is 0 Å². The number of aromatic amines is 2. The molecule has 17 heteroatoms. The van der Waals surface area contributed by atoms with Gasteiger partial charge in [-0.3, -0.25) is 14.8 Å². The van der Waals surface area contributed by atoms with Crippen molar-refractivity contribution >= 4 is 17.2 Å². The monoisotopic (exact) mass is 529 g/mol. The van der Waals surface area contributed by atoms with Crippen LogP contribution in [0.5, 0.6) is 5.88 Å². The minimum Gasteiger partial charge on any atom is -0.466 e. The minimum absolute atomic E-state index is 0.00564. The largest absolute Gasteiger partial charge is 0.466 e. The van der Waals surface area contributed by atoms with Crippen LogP contribution in [-0.4, -0.2) is 62.8 Å². The number of nitrogens with one attached hydrogen (secondary N) is 2. The summed E-state index contributed by atoms with van der Waals surface area (Å²) < 4.78 is 73.2. The van der Waals surface area contributed by atoms with Crippen LogP contribution in [0.15, 0.2) is 34.1 Å². The van der Waals surface area contributed by atoms with E-state index in [1.165, 1.54) is 17.9 Å². The number of aryl methyl sites for hydroxylation is 1. The van der Waals surface area contributed by atoms with E-state index in [9.17, 15) is 31.5 Å². The Morgan fingerprint density at radius 1 is 1.27 bits per heavy atom. The third-order valence-electron chi connectivity index (χ3n) is 5.31. The number of ether oxygens (including phenoxy) is 1. The molecule has 198 valence electrons. The Bertz CT molecular complexity index is 1430. The van der Waals surface area contributed by atoms with Crippen molar-refractivity contribution in [2.45, 2.75) is 25.1 Å². The molecule has 1 aliphatic heterocycles. The van der Waals surface area contributed by atoms with E-state index in [1.54, 1.807) is 0 Å². The predicted molar refractivity (Wildman–Crippen MR) is 121 cm³/mol. The van der Waals surface area contributed by atoms with Crippen LogP contribution >= 0.6 is 0 Å². The van der Waals surface area contributed by atoms with E-state index in [0.717, 1.165) is 18.5 Å². The van der Waals surface area contributed by atoms with E-state index >= 15 is 0 Å². The first kappa shape index (κ1) is 25.8. The summed E-state index contributed by atoms with van der Waals surface area (Å²) >= 11 is 0. The smallest absolute Gasteiger partial charge is 0.407 e. The fourth-order valence-electron chi connectivity index (χ4n) is 3.68. The molecule has 0 saturated carbocycles. The lowest BCUT2D eigenvalue weighted by Crippen LogP contribution is -2.40. The fourth-order valence-corrected chi connectivity index (χ4v) is 3.68. The molecule has 0 aliphatic carbocycles. The molecular formula is C20H20F5N9O3. The average molecular weight is 529 g/mol. The maximum atomic E-state index is 14.9. The van der Waals surface area contributed by atoms with Crippen molar-refractivity contribution in [2.75, 3.05) is 35.3 Å². The molecule has 0 bridgehead atoms. The molecule has 4 rings (SSSR count). The van der Waals surface area contributed by atoms with Gasteiger partial charge in [0.1, 0.15) is 18.2 Å². The van der Waals surface area contributed by atoms with Crippen LogP contribution in [0.4, 0.5) is 39.1 Å². The first-order valence-corrected chi connectivity index (χ1v) is 10.5. The summed E-state index contributed by atoms with van der Waals surface area (Å²) in [7, 11) is 0. The second-order valence-electron chi connectivity index (χ2n) is 8.22. The number of hydrogen-bond donors (Lipinski definition) is 4. The van der Waals surface area contributed by atoms with Crippen molar-refractivity contribution in [1.82, 2.24) is 24.9 Å². The van der Waals surface area contributed by atoms with Gasteiger partial charge in [0.15, 0.2) is 6.10 Å². The van der Waals surface area contributed by atoms with Gasteiger partial charge in [-0.25, -0.2) is 34.4 Å². The molecule has 4 heterocycles. The van der Waals surface area contributed by atoms with Crippen molar-refractivity contribution in [2.24, 2.45) is 5.84 Å². The topological polar surface area (TPSA) is 172 Å². The lowest BCUT2D eigenvalue weighted by molar-refractivity contribution is -0.119. The Hall–Kier alpha value is -4.28. The van der Waals surface area contributed by atoms with E-state index < -0.39 is 48.4 Å². The van der Waals surface area contributed by atoms with Crippen LogP contribution in [0.1, 0.15) is 5.82 Å². The van der Waals surface area contributed by atoms with Crippen LogP contribution in [-0.2, 0) is 0 Å². The molecule has 1 atom stereocenters. The van der Waals surface area contributed by atoms with Crippen LogP contribution in [0, 0.1) is 6.92 Å². The number of hydrogen-bond acceptors (Lipinski definition) is 10. The maximum absolute atomic E-state index is 14.9. The number of hydrazine groups is 1. The Balaban J connectivity index is 1.58. The maximum Gasteiger partial charge on any atom is 0.407 e. The summed E-state index contributed by atoms with van der Waals surface area (Å²) in [5.41, 5.74) is 3.76. The third kappa shape index (κ3) is 5.76. The summed E-state index contributed by atoms with van der Waals surface area (Å²) in [6.07, 6.45) is -4.31. The number of nitrogens with two attached hydrogens (primary N) is 2. The minimum atomic E-state index is -4.64. The first-order valence-electron chi connectivity index (χ1n) is 10.5. The number of aromatic nitrogens is 5. The molecule has 1 saturated heterocycles. The van der Waals surface area contributed by atoms with Crippen LogP contribution in [0.3, 0.4) is 0 Å². The molecule has 1 aliphatic rings. The van der Waals surface area contributed by atoms with Gasteiger partial charge in [0.05, 0.1) is 41.9 Å². The van der Waals surface area contributed by atoms with Gasteiger partial charge in [0.25, 0.3) is 5.56 Å². The second kappa shape index (κ2) is 9.30. The molecule has 0 spiro atoms. The highest BCUT2D eigenvalue weighted by Gasteiger charge is 2.51. The lowest BCUT2D eigenvalue weighted by atomic mass is 10.2. The van der Waals surface area contributed by atoms with Crippen LogP contribution in [0.2, 0.25) is 0 Å². The number of nitrogen functional groups attached to an aromatic ring is 1. The van der Waals surface area contributed by atoms with Gasteiger partial charge in [-0.2, -0.15) is 13.2 Å². The number of alkyl halides is 5. The molecule has 3 aromatic heterocycles. The highest BCUT2D eigenvalue weighted by molar-refractivity contribution is 5.67. The van der Waals surface area contributed by atoms with Crippen molar-refractivity contribution in [3.63, 3.8) is 0 Å². The Morgan fingerprint density at radius 3 is 2.68 bits per heavy atom. The van der Waals surface area contributed by atoms with E-state index in [0.29, 0.717) is 5.01 Å². The van der Waals surface area contributed by atoms with E-state index in [2.05, 4.69) is 24.9 Å². The quantitative estimate of drug-likeness (QED) is 0.205. The van der Waals surface area contributed by atoms with Gasteiger partial charge >= 0.3 is 17.8 Å². The molecule has 0 radical (unpaired) electrons. The number of anilines is 3. The molecule has 0 amide bonds. The summed E-state index contributed by atoms with van der Waals surface area (Å²) in [5, 5.41) is 0.312. The molecule has 1 unspecified atom stereocenters. The lowest BCUT2D eigenvalue weighted by Gasteiger charge is -2.23. The van der Waals surface area contributed by atoms with Crippen molar-refractivity contribution in [3.8, 4) is 17.1 Å². The van der Waals surface area contributed by atoms with Gasteiger partial charge in [-0.1, -0.05) is 0 Å². The zero-order chi connectivity index (χ0) is 27.1. The summed E-state index contributed by atoms with van der Waals surface area (Å²) in [6.45, 7) is -1.26. The van der Waals surface area contributed by atoms with Crippen LogP contribution < -0.4 is 37.5 Å². The number of nitrogens with zero attached hydrogens (tertiary/aromatic N) is 5. The Morgan fingerprint density at radius 2 is 2.00 bits per heavy atom. The molecule has 12 nitrogen and oxygen atoms in total. The van der Waals surface area contributed by atoms with E-state index in [1.807, 2.05) is 0 Å². The molecule has 6 N–H and O–H groups in total.